The largest absolute Gasteiger partial charge is 0.418 e. The van der Waals surface area contributed by atoms with Crippen molar-refractivity contribution in [2.24, 2.45) is 5.73 Å². The Morgan fingerprint density at radius 3 is 2.29 bits per heavy atom. The lowest BCUT2D eigenvalue weighted by atomic mass is 10.1. The van der Waals surface area contributed by atoms with Gasteiger partial charge in [-0.25, -0.2) is 8.78 Å². The Hall–Kier alpha value is -2.15. The Morgan fingerprint density at radius 1 is 1.00 bits per heavy atom. The van der Waals surface area contributed by atoms with Crippen molar-refractivity contribution in [1.29, 1.82) is 0 Å². The lowest BCUT2D eigenvalue weighted by Gasteiger charge is -2.15. The van der Waals surface area contributed by atoms with Gasteiger partial charge in [0.25, 0.3) is 0 Å². The SMILES string of the molecule is NCc1ccc(Nc2c(F)cccc2C(F)(F)F)cc1F. The Balaban J connectivity index is 2.42. The zero-order chi connectivity index (χ0) is 15.6. The average Bonchev–Trinajstić information content (AvgIpc) is 2.40. The summed E-state index contributed by atoms with van der Waals surface area (Å²) in [4.78, 5) is 0. The predicted molar refractivity (Wildman–Crippen MR) is 69.0 cm³/mol. The number of anilines is 2. The van der Waals surface area contributed by atoms with Crippen molar-refractivity contribution in [2.75, 3.05) is 5.32 Å². The van der Waals surface area contributed by atoms with E-state index in [1.54, 1.807) is 0 Å². The molecule has 0 fully saturated rings. The van der Waals surface area contributed by atoms with Crippen LogP contribution < -0.4 is 11.1 Å². The van der Waals surface area contributed by atoms with Gasteiger partial charge in [0.2, 0.25) is 0 Å². The van der Waals surface area contributed by atoms with Gasteiger partial charge in [-0.3, -0.25) is 0 Å². The molecule has 0 amide bonds. The minimum Gasteiger partial charge on any atom is -0.353 e. The van der Waals surface area contributed by atoms with E-state index in [1.165, 1.54) is 12.1 Å². The van der Waals surface area contributed by atoms with Crippen LogP contribution in [0.15, 0.2) is 36.4 Å². The summed E-state index contributed by atoms with van der Waals surface area (Å²) in [5, 5.41) is 2.26. The molecule has 0 spiro atoms. The second-order valence-electron chi connectivity index (χ2n) is 4.30. The van der Waals surface area contributed by atoms with E-state index in [9.17, 15) is 22.0 Å². The summed E-state index contributed by atoms with van der Waals surface area (Å²) in [6.07, 6.45) is -4.72. The van der Waals surface area contributed by atoms with E-state index in [0.29, 0.717) is 0 Å². The van der Waals surface area contributed by atoms with Gasteiger partial charge in [-0.2, -0.15) is 13.2 Å². The molecule has 0 saturated heterocycles. The summed E-state index contributed by atoms with van der Waals surface area (Å²) in [6, 6.07) is 6.22. The molecule has 2 nitrogen and oxygen atoms in total. The van der Waals surface area contributed by atoms with Gasteiger partial charge < -0.3 is 11.1 Å². The minimum atomic E-state index is -4.72. The van der Waals surface area contributed by atoms with E-state index < -0.39 is 29.1 Å². The van der Waals surface area contributed by atoms with Gasteiger partial charge in [0, 0.05) is 17.8 Å². The minimum absolute atomic E-state index is 0.000278. The van der Waals surface area contributed by atoms with Crippen LogP contribution in [0.1, 0.15) is 11.1 Å². The van der Waals surface area contributed by atoms with Crippen LogP contribution in [0.25, 0.3) is 0 Å². The van der Waals surface area contributed by atoms with E-state index in [0.717, 1.165) is 24.3 Å². The van der Waals surface area contributed by atoms with Crippen molar-refractivity contribution in [3.05, 3.63) is 59.2 Å². The standard InChI is InChI=1S/C14H11F5N2/c15-11-3-1-2-10(14(17,18)19)13(11)21-9-5-4-8(7-20)12(16)6-9/h1-6,21H,7,20H2. The number of rotatable bonds is 3. The van der Waals surface area contributed by atoms with Gasteiger partial charge in [0.05, 0.1) is 11.3 Å². The number of nitrogens with two attached hydrogens (primary N) is 1. The van der Waals surface area contributed by atoms with Crippen LogP contribution in [-0.4, -0.2) is 0 Å². The first-order chi connectivity index (χ1) is 9.82. The fraction of sp³-hybridized carbons (Fsp3) is 0.143. The second kappa shape index (κ2) is 5.69. The maximum absolute atomic E-state index is 13.6. The molecule has 112 valence electrons. The fourth-order valence-electron chi connectivity index (χ4n) is 1.82. The molecule has 0 aliphatic heterocycles. The van der Waals surface area contributed by atoms with Crippen molar-refractivity contribution < 1.29 is 22.0 Å². The number of nitrogens with one attached hydrogen (secondary N) is 1. The Bertz CT molecular complexity index is 652. The van der Waals surface area contributed by atoms with Crippen LogP contribution in [0.4, 0.5) is 33.3 Å². The third-order valence-corrected chi connectivity index (χ3v) is 2.86. The molecule has 0 aliphatic rings. The highest BCUT2D eigenvalue weighted by atomic mass is 19.4. The summed E-state index contributed by atoms with van der Waals surface area (Å²) in [7, 11) is 0. The van der Waals surface area contributed by atoms with Crippen molar-refractivity contribution in [1.82, 2.24) is 0 Å². The zero-order valence-electron chi connectivity index (χ0n) is 10.6. The van der Waals surface area contributed by atoms with Crippen molar-refractivity contribution >= 4 is 11.4 Å². The molecule has 0 aliphatic carbocycles. The molecule has 0 radical (unpaired) electrons. The smallest absolute Gasteiger partial charge is 0.353 e. The number of para-hydroxylation sites is 1. The van der Waals surface area contributed by atoms with E-state index >= 15 is 0 Å². The van der Waals surface area contributed by atoms with Crippen LogP contribution in [0.3, 0.4) is 0 Å². The van der Waals surface area contributed by atoms with E-state index in [-0.39, 0.29) is 17.8 Å². The predicted octanol–water partition coefficient (Wildman–Crippen LogP) is 4.19. The number of halogens is 5. The van der Waals surface area contributed by atoms with Crippen molar-refractivity contribution in [3.63, 3.8) is 0 Å². The van der Waals surface area contributed by atoms with Gasteiger partial charge >= 0.3 is 6.18 Å². The van der Waals surface area contributed by atoms with Crippen molar-refractivity contribution in [3.8, 4) is 0 Å². The van der Waals surface area contributed by atoms with Crippen molar-refractivity contribution in [2.45, 2.75) is 12.7 Å². The number of hydrogen-bond acceptors (Lipinski definition) is 2. The van der Waals surface area contributed by atoms with Crippen LogP contribution in [0.5, 0.6) is 0 Å². The van der Waals surface area contributed by atoms with Crippen LogP contribution in [0, 0.1) is 11.6 Å². The Kier molecular flexibility index (Phi) is 4.13. The summed E-state index contributed by atoms with van der Waals surface area (Å²) >= 11 is 0. The highest BCUT2D eigenvalue weighted by Gasteiger charge is 2.34. The van der Waals surface area contributed by atoms with Gasteiger partial charge in [-0.05, 0) is 24.3 Å². The number of benzene rings is 2. The molecule has 0 heterocycles. The summed E-state index contributed by atoms with van der Waals surface area (Å²) < 4.78 is 65.7. The van der Waals surface area contributed by atoms with E-state index in [2.05, 4.69) is 5.32 Å². The lowest BCUT2D eigenvalue weighted by molar-refractivity contribution is -0.137. The van der Waals surface area contributed by atoms with Crippen LogP contribution >= 0.6 is 0 Å². The quantitative estimate of drug-likeness (QED) is 0.834. The molecular weight excluding hydrogens is 291 g/mol. The molecule has 3 N–H and O–H groups in total. The molecule has 2 aromatic rings. The van der Waals surface area contributed by atoms with Gasteiger partial charge in [0.15, 0.2) is 0 Å². The van der Waals surface area contributed by atoms with Gasteiger partial charge in [-0.1, -0.05) is 12.1 Å². The Morgan fingerprint density at radius 2 is 1.71 bits per heavy atom. The van der Waals surface area contributed by atoms with Gasteiger partial charge in [-0.15, -0.1) is 0 Å². The molecule has 2 aromatic carbocycles. The first-order valence-corrected chi connectivity index (χ1v) is 5.94. The molecular formula is C14H11F5N2. The molecule has 0 aromatic heterocycles. The molecule has 0 unspecified atom stereocenters. The van der Waals surface area contributed by atoms with E-state index in [4.69, 9.17) is 5.73 Å². The molecule has 0 saturated carbocycles. The topological polar surface area (TPSA) is 38.0 Å². The van der Waals surface area contributed by atoms with Crippen LogP contribution in [0.2, 0.25) is 0 Å². The highest BCUT2D eigenvalue weighted by molar-refractivity contribution is 5.65. The highest BCUT2D eigenvalue weighted by Crippen LogP contribution is 2.37. The lowest BCUT2D eigenvalue weighted by Crippen LogP contribution is -2.10. The number of alkyl halides is 3. The Labute approximate surface area is 117 Å². The molecule has 2 rings (SSSR count). The first kappa shape index (κ1) is 15.2. The van der Waals surface area contributed by atoms with Gasteiger partial charge in [0.1, 0.15) is 11.6 Å². The molecule has 0 atom stereocenters. The second-order valence-corrected chi connectivity index (χ2v) is 4.30. The average molecular weight is 302 g/mol. The summed E-state index contributed by atoms with van der Waals surface area (Å²) in [5.74, 6) is -1.75. The monoisotopic (exact) mass is 302 g/mol. The molecule has 7 heteroatoms. The third kappa shape index (κ3) is 3.30. The van der Waals surface area contributed by atoms with Crippen LogP contribution in [-0.2, 0) is 12.7 Å². The van der Waals surface area contributed by atoms with E-state index in [1.807, 2.05) is 0 Å². The molecule has 21 heavy (non-hydrogen) atoms. The first-order valence-electron chi connectivity index (χ1n) is 5.94. The summed E-state index contributed by atoms with van der Waals surface area (Å²) in [6.45, 7) is -0.0421. The third-order valence-electron chi connectivity index (χ3n) is 2.86. The normalized spacial score (nSPS) is 11.5. The maximum Gasteiger partial charge on any atom is 0.418 e. The number of hydrogen-bond donors (Lipinski definition) is 2. The molecule has 0 bridgehead atoms. The zero-order valence-corrected chi connectivity index (χ0v) is 10.6. The fourth-order valence-corrected chi connectivity index (χ4v) is 1.82. The summed E-state index contributed by atoms with van der Waals surface area (Å²) in [5.41, 5.74) is 3.60. The maximum atomic E-state index is 13.6.